The van der Waals surface area contributed by atoms with Gasteiger partial charge in [0.2, 0.25) is 0 Å². The van der Waals surface area contributed by atoms with Gasteiger partial charge in [-0.2, -0.15) is 0 Å². The molecular formula is C15H20N2O. The van der Waals surface area contributed by atoms with E-state index >= 15 is 0 Å². The lowest BCUT2D eigenvalue weighted by Gasteiger charge is -2.14. The van der Waals surface area contributed by atoms with Gasteiger partial charge in [-0.05, 0) is 37.1 Å². The molecule has 0 aliphatic heterocycles. The van der Waals surface area contributed by atoms with Crippen LogP contribution in [-0.2, 0) is 0 Å². The maximum atomic E-state index is 11.9. The molecule has 0 saturated carbocycles. The number of amides is 1. The van der Waals surface area contributed by atoms with Gasteiger partial charge in [0, 0.05) is 17.2 Å². The molecule has 0 fully saturated rings. The molecule has 1 aromatic carbocycles. The Labute approximate surface area is 109 Å². The second kappa shape index (κ2) is 7.52. The van der Waals surface area contributed by atoms with Crippen LogP contribution in [0.2, 0.25) is 0 Å². The first-order valence-corrected chi connectivity index (χ1v) is 6.31. The van der Waals surface area contributed by atoms with Gasteiger partial charge in [0.05, 0.1) is 6.54 Å². The van der Waals surface area contributed by atoms with Crippen LogP contribution >= 0.6 is 0 Å². The van der Waals surface area contributed by atoms with Gasteiger partial charge in [-0.3, -0.25) is 4.79 Å². The number of carbonyl (C=O) groups excluding carboxylic acids is 1. The number of hydrogen-bond acceptors (Lipinski definition) is 2. The molecule has 1 aromatic rings. The largest absolute Gasteiger partial charge is 0.349 e. The van der Waals surface area contributed by atoms with Crippen molar-refractivity contribution >= 4 is 5.91 Å². The molecule has 0 radical (unpaired) electrons. The van der Waals surface area contributed by atoms with Crippen molar-refractivity contribution in [2.75, 3.05) is 6.54 Å². The third-order valence-electron chi connectivity index (χ3n) is 2.80. The molecule has 0 heterocycles. The number of benzene rings is 1. The zero-order valence-electron chi connectivity index (χ0n) is 11.0. The number of rotatable bonds is 4. The minimum atomic E-state index is -0.0259. The highest BCUT2D eigenvalue weighted by molar-refractivity contribution is 5.94. The number of nitrogens with one attached hydrogen (secondary N) is 1. The molecule has 1 rings (SSSR count). The van der Waals surface area contributed by atoms with Crippen LogP contribution < -0.4 is 11.1 Å². The number of hydrogen-bond donors (Lipinski definition) is 2. The van der Waals surface area contributed by atoms with E-state index < -0.39 is 0 Å². The van der Waals surface area contributed by atoms with Gasteiger partial charge >= 0.3 is 0 Å². The van der Waals surface area contributed by atoms with E-state index in [0.29, 0.717) is 12.1 Å². The number of carbonyl (C=O) groups is 1. The Bertz CT molecular complexity index is 436. The molecule has 0 bridgehead atoms. The zero-order chi connectivity index (χ0) is 13.4. The molecule has 1 amide bonds. The van der Waals surface area contributed by atoms with E-state index in [-0.39, 0.29) is 11.9 Å². The third kappa shape index (κ3) is 4.23. The monoisotopic (exact) mass is 244 g/mol. The van der Waals surface area contributed by atoms with Crippen LogP contribution in [0.15, 0.2) is 24.3 Å². The van der Waals surface area contributed by atoms with Crippen molar-refractivity contribution < 1.29 is 4.79 Å². The van der Waals surface area contributed by atoms with E-state index in [2.05, 4.69) is 31.0 Å². The van der Waals surface area contributed by atoms with Crippen molar-refractivity contribution in [2.45, 2.75) is 32.7 Å². The normalized spacial score (nSPS) is 9.78. The highest BCUT2D eigenvalue weighted by Crippen LogP contribution is 2.05. The highest BCUT2D eigenvalue weighted by atomic mass is 16.1. The number of nitrogens with two attached hydrogens (primary N) is 1. The van der Waals surface area contributed by atoms with E-state index in [1.165, 1.54) is 0 Å². The molecule has 3 nitrogen and oxygen atoms in total. The van der Waals surface area contributed by atoms with Crippen LogP contribution in [0.3, 0.4) is 0 Å². The fourth-order valence-electron chi connectivity index (χ4n) is 1.62. The van der Waals surface area contributed by atoms with Crippen LogP contribution in [0.4, 0.5) is 0 Å². The van der Waals surface area contributed by atoms with E-state index in [4.69, 9.17) is 5.73 Å². The summed E-state index contributed by atoms with van der Waals surface area (Å²) in [5, 5.41) is 3.00. The van der Waals surface area contributed by atoms with E-state index in [0.717, 1.165) is 18.4 Å². The fraction of sp³-hybridized carbons (Fsp3) is 0.400. The van der Waals surface area contributed by atoms with Crippen molar-refractivity contribution in [1.29, 1.82) is 0 Å². The van der Waals surface area contributed by atoms with E-state index in [1.807, 2.05) is 12.1 Å². The summed E-state index contributed by atoms with van der Waals surface area (Å²) in [5.41, 5.74) is 6.84. The first kappa shape index (κ1) is 14.3. The summed E-state index contributed by atoms with van der Waals surface area (Å²) in [6.07, 6.45) is 1.89. The quantitative estimate of drug-likeness (QED) is 0.795. The maximum Gasteiger partial charge on any atom is 0.251 e. The summed E-state index contributed by atoms with van der Waals surface area (Å²) >= 11 is 0. The molecular weight excluding hydrogens is 224 g/mol. The first-order chi connectivity index (χ1) is 8.71. The molecule has 0 unspecified atom stereocenters. The van der Waals surface area contributed by atoms with Crippen molar-refractivity contribution in [2.24, 2.45) is 5.73 Å². The van der Waals surface area contributed by atoms with E-state index in [9.17, 15) is 4.79 Å². The van der Waals surface area contributed by atoms with Crippen LogP contribution in [0, 0.1) is 11.8 Å². The van der Waals surface area contributed by atoms with Gasteiger partial charge in [0.25, 0.3) is 5.91 Å². The Morgan fingerprint density at radius 3 is 2.39 bits per heavy atom. The lowest BCUT2D eigenvalue weighted by Crippen LogP contribution is -2.33. The molecule has 0 aliphatic carbocycles. The summed E-state index contributed by atoms with van der Waals surface area (Å²) in [5.74, 6) is 5.68. The fourth-order valence-corrected chi connectivity index (χ4v) is 1.62. The second-order valence-corrected chi connectivity index (χ2v) is 4.07. The summed E-state index contributed by atoms with van der Waals surface area (Å²) < 4.78 is 0. The SMILES string of the molecule is CCC(CC)NC(=O)c1ccc(C#CCN)cc1. The molecule has 3 N–H and O–H groups in total. The average molecular weight is 244 g/mol. The molecule has 3 heteroatoms. The molecule has 18 heavy (non-hydrogen) atoms. The lowest BCUT2D eigenvalue weighted by atomic mass is 10.1. The Morgan fingerprint density at radius 1 is 1.28 bits per heavy atom. The van der Waals surface area contributed by atoms with Crippen LogP contribution in [-0.4, -0.2) is 18.5 Å². The van der Waals surface area contributed by atoms with Crippen LogP contribution in [0.1, 0.15) is 42.6 Å². The molecule has 0 aliphatic rings. The Balaban J connectivity index is 2.70. The van der Waals surface area contributed by atoms with Crippen molar-refractivity contribution in [1.82, 2.24) is 5.32 Å². The molecule has 96 valence electrons. The predicted molar refractivity (Wildman–Crippen MR) is 74.2 cm³/mol. The Kier molecular flexibility index (Phi) is 5.96. The van der Waals surface area contributed by atoms with Gasteiger partial charge in [0.1, 0.15) is 0 Å². The van der Waals surface area contributed by atoms with Gasteiger partial charge < -0.3 is 11.1 Å². The molecule has 0 atom stereocenters. The van der Waals surface area contributed by atoms with Gasteiger partial charge in [-0.25, -0.2) is 0 Å². The third-order valence-corrected chi connectivity index (χ3v) is 2.80. The second-order valence-electron chi connectivity index (χ2n) is 4.07. The van der Waals surface area contributed by atoms with Crippen molar-refractivity contribution in [3.05, 3.63) is 35.4 Å². The zero-order valence-corrected chi connectivity index (χ0v) is 11.0. The summed E-state index contributed by atoms with van der Waals surface area (Å²) in [6, 6.07) is 7.50. The minimum Gasteiger partial charge on any atom is -0.349 e. The summed E-state index contributed by atoms with van der Waals surface area (Å²) in [6.45, 7) is 4.48. The summed E-state index contributed by atoms with van der Waals surface area (Å²) in [4.78, 5) is 11.9. The van der Waals surface area contributed by atoms with Crippen LogP contribution in [0.5, 0.6) is 0 Å². The Morgan fingerprint density at radius 2 is 1.89 bits per heavy atom. The molecule has 0 saturated heterocycles. The predicted octanol–water partition coefficient (Wildman–Crippen LogP) is 1.92. The van der Waals surface area contributed by atoms with Gasteiger partial charge in [0.15, 0.2) is 0 Å². The maximum absolute atomic E-state index is 11.9. The van der Waals surface area contributed by atoms with Gasteiger partial charge in [-0.1, -0.05) is 25.7 Å². The average Bonchev–Trinajstić information content (AvgIpc) is 2.42. The van der Waals surface area contributed by atoms with Crippen LogP contribution in [0.25, 0.3) is 0 Å². The molecule has 0 spiro atoms. The molecule has 0 aromatic heterocycles. The van der Waals surface area contributed by atoms with Crippen molar-refractivity contribution in [3.8, 4) is 11.8 Å². The van der Waals surface area contributed by atoms with Crippen molar-refractivity contribution in [3.63, 3.8) is 0 Å². The smallest absolute Gasteiger partial charge is 0.251 e. The topological polar surface area (TPSA) is 55.1 Å². The van der Waals surface area contributed by atoms with E-state index in [1.54, 1.807) is 12.1 Å². The van der Waals surface area contributed by atoms with Gasteiger partial charge in [-0.15, -0.1) is 0 Å². The summed E-state index contributed by atoms with van der Waals surface area (Å²) in [7, 11) is 0. The first-order valence-electron chi connectivity index (χ1n) is 6.31. The standard InChI is InChI=1S/C15H20N2O/c1-3-14(4-2)17-15(18)13-9-7-12(8-10-13)6-5-11-16/h7-10,14H,3-4,11,16H2,1-2H3,(H,17,18). The highest BCUT2D eigenvalue weighted by Gasteiger charge is 2.09. The lowest BCUT2D eigenvalue weighted by molar-refractivity contribution is 0.0935. The Hall–Kier alpha value is -1.79. The minimum absolute atomic E-state index is 0.0259.